The Bertz CT molecular complexity index is 206. The summed E-state index contributed by atoms with van der Waals surface area (Å²) in [5, 5.41) is 0. The van der Waals surface area contributed by atoms with Crippen LogP contribution in [0.25, 0.3) is 0 Å². The van der Waals surface area contributed by atoms with E-state index in [0.29, 0.717) is 6.54 Å². The van der Waals surface area contributed by atoms with Crippen LogP contribution in [-0.4, -0.2) is 12.8 Å². The Labute approximate surface area is 92.8 Å². The van der Waals surface area contributed by atoms with Gasteiger partial charge in [0.25, 0.3) is 0 Å². The van der Waals surface area contributed by atoms with Crippen molar-refractivity contribution in [3.05, 3.63) is 42.8 Å². The van der Waals surface area contributed by atoms with Gasteiger partial charge in [-0.25, -0.2) is 0 Å². The molecule has 0 aliphatic heterocycles. The van der Waals surface area contributed by atoms with Crippen LogP contribution in [0.5, 0.6) is 0 Å². The normalized spacial score (nSPS) is 9.55. The van der Waals surface area contributed by atoms with Crippen LogP contribution in [0, 0.1) is 6.92 Å². The molecular weight excluding hydrogens is 211 g/mol. The van der Waals surface area contributed by atoms with Crippen LogP contribution in [0.3, 0.4) is 0 Å². The van der Waals surface area contributed by atoms with Gasteiger partial charge in [-0.3, -0.25) is 0 Å². The van der Waals surface area contributed by atoms with Gasteiger partial charge in [0.2, 0.25) is 0 Å². The van der Waals surface area contributed by atoms with Gasteiger partial charge in [0.15, 0.2) is 0 Å². The molecule has 0 fully saturated rings. The maximum atomic E-state index is 3.88. The monoisotopic (exact) mass is 220 g/mol. The Morgan fingerprint density at radius 1 is 1.27 bits per heavy atom. The summed E-state index contributed by atoms with van der Waals surface area (Å²) < 4.78 is 0. The molecule has 1 nitrogen and oxygen atoms in total. The average Bonchev–Trinajstić information content (AvgIpc) is 2.03. The Morgan fingerprint density at radius 2 is 1.91 bits per heavy atom. The van der Waals surface area contributed by atoms with Crippen LogP contribution in [0.4, 0.5) is 0 Å². The van der Waals surface area contributed by atoms with Crippen molar-refractivity contribution in [1.29, 1.82) is 0 Å². The SMILES string of the molecule is [CH2-]CN=[C-]c1ccccc1.[Y]. The minimum atomic E-state index is 0. The van der Waals surface area contributed by atoms with Crippen molar-refractivity contribution in [2.45, 2.75) is 0 Å². The second-order valence-corrected chi connectivity index (χ2v) is 1.86. The standard InChI is InChI=1S/C9H9N.Y/c1-2-10-8-9-6-4-3-5-7-9;/h3-7H,1-2H2;/q-2;. The van der Waals surface area contributed by atoms with Crippen LogP contribution < -0.4 is 0 Å². The molecule has 2 heteroatoms. The number of benzene rings is 1. The first-order chi connectivity index (χ1) is 4.93. The first kappa shape index (κ1) is 11.0. The van der Waals surface area contributed by atoms with Crippen LogP contribution in [0.15, 0.2) is 35.3 Å². The smallest absolute Gasteiger partial charge is 0 e. The van der Waals surface area contributed by atoms with E-state index in [9.17, 15) is 0 Å². The van der Waals surface area contributed by atoms with E-state index >= 15 is 0 Å². The predicted octanol–water partition coefficient (Wildman–Crippen LogP) is 1.81. The van der Waals surface area contributed by atoms with Crippen LogP contribution in [0.2, 0.25) is 0 Å². The van der Waals surface area contributed by atoms with Crippen molar-refractivity contribution in [3.8, 4) is 0 Å². The summed E-state index contributed by atoms with van der Waals surface area (Å²) >= 11 is 0. The van der Waals surface area contributed by atoms with Crippen molar-refractivity contribution in [2.24, 2.45) is 4.99 Å². The van der Waals surface area contributed by atoms with Gasteiger partial charge in [-0.15, -0.1) is 18.7 Å². The number of rotatable bonds is 2. The average molecular weight is 220 g/mol. The Morgan fingerprint density at radius 3 is 2.45 bits per heavy atom. The third kappa shape index (κ3) is 4.44. The zero-order chi connectivity index (χ0) is 7.23. The van der Waals surface area contributed by atoms with Crippen molar-refractivity contribution in [3.63, 3.8) is 0 Å². The first-order valence-electron chi connectivity index (χ1n) is 3.20. The summed E-state index contributed by atoms with van der Waals surface area (Å²) in [4.78, 5) is 3.88. The van der Waals surface area contributed by atoms with Crippen LogP contribution >= 0.6 is 0 Å². The molecule has 0 spiro atoms. The second kappa shape index (κ2) is 6.69. The maximum Gasteiger partial charge on any atom is 0 e. The molecule has 0 aliphatic rings. The molecule has 0 saturated carbocycles. The maximum absolute atomic E-state index is 3.88. The zero-order valence-corrected chi connectivity index (χ0v) is 9.16. The minimum Gasteiger partial charge on any atom is -0.392 e. The molecule has 11 heavy (non-hydrogen) atoms. The van der Waals surface area contributed by atoms with E-state index in [1.807, 2.05) is 30.3 Å². The van der Waals surface area contributed by atoms with Crippen molar-refractivity contribution in [2.75, 3.05) is 6.54 Å². The molecule has 0 heterocycles. The van der Waals surface area contributed by atoms with Gasteiger partial charge in [0.05, 0.1) is 0 Å². The van der Waals surface area contributed by atoms with E-state index in [0.717, 1.165) is 5.56 Å². The summed E-state index contributed by atoms with van der Waals surface area (Å²) in [6.45, 7) is 4.12. The fraction of sp³-hybridized carbons (Fsp3) is 0.111. The molecule has 1 rings (SSSR count). The topological polar surface area (TPSA) is 12.4 Å². The van der Waals surface area contributed by atoms with E-state index in [1.54, 1.807) is 0 Å². The van der Waals surface area contributed by atoms with E-state index in [1.165, 1.54) is 0 Å². The van der Waals surface area contributed by atoms with Gasteiger partial charge in [-0.1, -0.05) is 12.3 Å². The van der Waals surface area contributed by atoms with Gasteiger partial charge in [-0.2, -0.15) is 17.7 Å². The van der Waals surface area contributed by atoms with Gasteiger partial charge < -0.3 is 11.9 Å². The van der Waals surface area contributed by atoms with Crippen LogP contribution in [0.1, 0.15) is 5.56 Å². The van der Waals surface area contributed by atoms with E-state index in [-0.39, 0.29) is 32.7 Å². The Kier molecular flexibility index (Phi) is 6.68. The number of hydrogen-bond acceptors (Lipinski definition) is 1. The van der Waals surface area contributed by atoms with Gasteiger partial charge >= 0.3 is 0 Å². The number of hydrogen-bond donors (Lipinski definition) is 0. The minimum absolute atomic E-state index is 0. The third-order valence-corrected chi connectivity index (χ3v) is 1.09. The molecule has 1 aromatic rings. The summed E-state index contributed by atoms with van der Waals surface area (Å²) in [6.07, 6.45) is 2.86. The van der Waals surface area contributed by atoms with Crippen molar-refractivity contribution < 1.29 is 32.7 Å². The molecule has 1 radical (unpaired) electrons. The Balaban J connectivity index is 0.000001000. The molecular formula is C9H9NY-2. The van der Waals surface area contributed by atoms with E-state index in [2.05, 4.69) is 18.1 Å². The molecule has 0 atom stereocenters. The summed E-state index contributed by atoms with van der Waals surface area (Å²) in [7, 11) is 0. The molecule has 0 N–H and O–H groups in total. The molecule has 0 saturated heterocycles. The first-order valence-corrected chi connectivity index (χ1v) is 3.20. The molecule has 0 amide bonds. The molecule has 1 aromatic carbocycles. The summed E-state index contributed by atoms with van der Waals surface area (Å²) in [5.41, 5.74) is 1.01. The summed E-state index contributed by atoms with van der Waals surface area (Å²) in [5.74, 6) is 0. The molecule has 0 unspecified atom stereocenters. The number of nitrogens with zero attached hydrogens (tertiary/aromatic N) is 1. The number of aliphatic imine (C=N–C) groups is 1. The van der Waals surface area contributed by atoms with Gasteiger partial charge in [-0.05, 0) is 0 Å². The van der Waals surface area contributed by atoms with Crippen molar-refractivity contribution >= 4 is 6.21 Å². The van der Waals surface area contributed by atoms with E-state index in [4.69, 9.17) is 0 Å². The van der Waals surface area contributed by atoms with Crippen molar-refractivity contribution in [1.82, 2.24) is 0 Å². The van der Waals surface area contributed by atoms with Crippen LogP contribution in [-0.2, 0) is 32.7 Å². The quantitative estimate of drug-likeness (QED) is 0.532. The van der Waals surface area contributed by atoms with Gasteiger partial charge in [0.1, 0.15) is 0 Å². The fourth-order valence-corrected chi connectivity index (χ4v) is 0.660. The zero-order valence-electron chi connectivity index (χ0n) is 6.33. The van der Waals surface area contributed by atoms with Gasteiger partial charge in [0, 0.05) is 32.7 Å². The third-order valence-electron chi connectivity index (χ3n) is 1.09. The molecule has 0 aromatic heterocycles. The van der Waals surface area contributed by atoms with E-state index < -0.39 is 0 Å². The molecule has 0 bridgehead atoms. The summed E-state index contributed by atoms with van der Waals surface area (Å²) in [6, 6.07) is 9.80. The Hall–Kier alpha value is -0.00610. The second-order valence-electron chi connectivity index (χ2n) is 1.86. The molecule has 55 valence electrons. The predicted molar refractivity (Wildman–Crippen MR) is 43.2 cm³/mol. The largest absolute Gasteiger partial charge is 0.392 e. The fourth-order valence-electron chi connectivity index (χ4n) is 0.660. The molecule has 0 aliphatic carbocycles.